The molecule has 1 rings (SSSR count). The van der Waals surface area contributed by atoms with Gasteiger partial charge in [-0.05, 0) is 36.6 Å². The van der Waals surface area contributed by atoms with Crippen LogP contribution >= 0.6 is 0 Å². The van der Waals surface area contributed by atoms with Crippen molar-refractivity contribution in [3.63, 3.8) is 0 Å². The van der Waals surface area contributed by atoms with Crippen LogP contribution in [-0.2, 0) is 6.42 Å². The van der Waals surface area contributed by atoms with Crippen LogP contribution in [0.15, 0.2) is 18.2 Å². The zero-order chi connectivity index (χ0) is 11.1. The van der Waals surface area contributed by atoms with Crippen molar-refractivity contribution < 1.29 is 9.47 Å². The van der Waals surface area contributed by atoms with E-state index in [4.69, 9.17) is 14.7 Å². The standard InChI is InChI=1S/C12H15NO2/c1-14-11-6-7-12(15-2)10(9-11)5-3-4-8-13/h6-7,9H,3-5H2,1-2H3. The van der Waals surface area contributed by atoms with Crippen molar-refractivity contribution in [3.05, 3.63) is 23.8 Å². The molecule has 0 amide bonds. The molecular formula is C12H15NO2. The van der Waals surface area contributed by atoms with E-state index in [0.29, 0.717) is 6.42 Å². The van der Waals surface area contributed by atoms with Crippen LogP contribution in [0.1, 0.15) is 18.4 Å². The van der Waals surface area contributed by atoms with E-state index in [9.17, 15) is 0 Å². The number of ether oxygens (including phenoxy) is 2. The van der Waals surface area contributed by atoms with Crippen molar-refractivity contribution in [2.75, 3.05) is 14.2 Å². The first kappa shape index (κ1) is 11.4. The molecule has 0 atom stereocenters. The fourth-order valence-electron chi connectivity index (χ4n) is 1.44. The molecule has 0 radical (unpaired) electrons. The molecule has 0 aromatic heterocycles. The fourth-order valence-corrected chi connectivity index (χ4v) is 1.44. The Hall–Kier alpha value is -1.69. The van der Waals surface area contributed by atoms with Crippen LogP contribution in [0.2, 0.25) is 0 Å². The third-order valence-corrected chi connectivity index (χ3v) is 2.22. The number of hydrogen-bond acceptors (Lipinski definition) is 3. The highest BCUT2D eigenvalue weighted by atomic mass is 16.5. The van der Waals surface area contributed by atoms with Gasteiger partial charge in [0.05, 0.1) is 20.3 Å². The van der Waals surface area contributed by atoms with Gasteiger partial charge in [0.1, 0.15) is 11.5 Å². The molecule has 0 aliphatic carbocycles. The topological polar surface area (TPSA) is 42.2 Å². The van der Waals surface area contributed by atoms with E-state index < -0.39 is 0 Å². The van der Waals surface area contributed by atoms with Gasteiger partial charge in [-0.25, -0.2) is 0 Å². The third-order valence-electron chi connectivity index (χ3n) is 2.22. The first-order valence-electron chi connectivity index (χ1n) is 4.89. The minimum atomic E-state index is 0.570. The van der Waals surface area contributed by atoms with E-state index in [0.717, 1.165) is 29.9 Å². The van der Waals surface area contributed by atoms with Crippen LogP contribution in [0.25, 0.3) is 0 Å². The maximum Gasteiger partial charge on any atom is 0.122 e. The smallest absolute Gasteiger partial charge is 0.122 e. The van der Waals surface area contributed by atoms with E-state index in [1.807, 2.05) is 18.2 Å². The maximum absolute atomic E-state index is 8.47. The summed E-state index contributed by atoms with van der Waals surface area (Å²) in [6, 6.07) is 7.84. The Morgan fingerprint density at radius 2 is 2.07 bits per heavy atom. The lowest BCUT2D eigenvalue weighted by atomic mass is 10.1. The summed E-state index contributed by atoms with van der Waals surface area (Å²) in [6.07, 6.45) is 2.26. The number of nitrogens with zero attached hydrogens (tertiary/aromatic N) is 1. The molecular weight excluding hydrogens is 190 g/mol. The normalized spacial score (nSPS) is 9.40. The van der Waals surface area contributed by atoms with Crippen LogP contribution in [0, 0.1) is 11.3 Å². The summed E-state index contributed by atoms with van der Waals surface area (Å²) in [4.78, 5) is 0. The van der Waals surface area contributed by atoms with Crippen molar-refractivity contribution >= 4 is 0 Å². The van der Waals surface area contributed by atoms with Crippen LogP contribution < -0.4 is 9.47 Å². The lowest BCUT2D eigenvalue weighted by Crippen LogP contribution is -1.94. The molecule has 3 nitrogen and oxygen atoms in total. The molecule has 0 N–H and O–H groups in total. The Kier molecular flexibility index (Phi) is 4.49. The van der Waals surface area contributed by atoms with Crippen LogP contribution in [0.4, 0.5) is 0 Å². The van der Waals surface area contributed by atoms with Gasteiger partial charge in [-0.1, -0.05) is 0 Å². The van der Waals surface area contributed by atoms with Gasteiger partial charge in [-0.2, -0.15) is 5.26 Å². The summed E-state index contributed by atoms with van der Waals surface area (Å²) in [7, 11) is 3.29. The fraction of sp³-hybridized carbons (Fsp3) is 0.417. The van der Waals surface area contributed by atoms with Crippen molar-refractivity contribution in [2.24, 2.45) is 0 Å². The lowest BCUT2D eigenvalue weighted by Gasteiger charge is -2.09. The average molecular weight is 205 g/mol. The Morgan fingerprint density at radius 1 is 1.27 bits per heavy atom. The van der Waals surface area contributed by atoms with Crippen molar-refractivity contribution in [3.8, 4) is 17.6 Å². The largest absolute Gasteiger partial charge is 0.497 e. The van der Waals surface area contributed by atoms with Crippen molar-refractivity contribution in [1.29, 1.82) is 5.26 Å². The molecule has 0 saturated carbocycles. The number of rotatable bonds is 5. The Bertz CT molecular complexity index is 355. The first-order chi connectivity index (χ1) is 7.31. The summed E-state index contributed by atoms with van der Waals surface area (Å²) >= 11 is 0. The lowest BCUT2D eigenvalue weighted by molar-refractivity contribution is 0.398. The summed E-state index contributed by atoms with van der Waals surface area (Å²) in [5.74, 6) is 1.68. The molecule has 0 fully saturated rings. The number of nitriles is 1. The summed E-state index contributed by atoms with van der Waals surface area (Å²) in [5.41, 5.74) is 1.09. The second kappa shape index (κ2) is 5.92. The summed E-state index contributed by atoms with van der Waals surface area (Å²) in [6.45, 7) is 0. The predicted molar refractivity (Wildman–Crippen MR) is 58.1 cm³/mol. The molecule has 0 saturated heterocycles. The Morgan fingerprint density at radius 3 is 2.67 bits per heavy atom. The van der Waals surface area contributed by atoms with Crippen molar-refractivity contribution in [2.45, 2.75) is 19.3 Å². The van der Waals surface area contributed by atoms with Gasteiger partial charge in [-0.3, -0.25) is 0 Å². The molecule has 0 heterocycles. The van der Waals surface area contributed by atoms with Crippen molar-refractivity contribution in [1.82, 2.24) is 0 Å². The molecule has 1 aromatic carbocycles. The molecule has 0 bridgehead atoms. The Labute approximate surface area is 90.2 Å². The van der Waals surface area contributed by atoms with E-state index in [1.54, 1.807) is 14.2 Å². The number of benzene rings is 1. The van der Waals surface area contributed by atoms with Gasteiger partial charge in [0.25, 0.3) is 0 Å². The zero-order valence-corrected chi connectivity index (χ0v) is 9.12. The second-order valence-corrected chi connectivity index (χ2v) is 3.19. The van der Waals surface area contributed by atoms with Gasteiger partial charge in [-0.15, -0.1) is 0 Å². The van der Waals surface area contributed by atoms with Gasteiger partial charge in [0, 0.05) is 6.42 Å². The number of aryl methyl sites for hydroxylation is 1. The van der Waals surface area contributed by atoms with Gasteiger partial charge >= 0.3 is 0 Å². The second-order valence-electron chi connectivity index (χ2n) is 3.19. The monoisotopic (exact) mass is 205 g/mol. The predicted octanol–water partition coefficient (Wildman–Crippen LogP) is 2.55. The van der Waals surface area contributed by atoms with E-state index >= 15 is 0 Å². The quantitative estimate of drug-likeness (QED) is 0.694. The molecule has 0 aliphatic rings. The molecule has 0 spiro atoms. The van der Waals surface area contributed by atoms with Gasteiger partial charge in [0.15, 0.2) is 0 Å². The van der Waals surface area contributed by atoms with E-state index in [2.05, 4.69) is 6.07 Å². The molecule has 1 aromatic rings. The minimum Gasteiger partial charge on any atom is -0.497 e. The summed E-state index contributed by atoms with van der Waals surface area (Å²) in [5, 5.41) is 8.47. The number of unbranched alkanes of at least 4 members (excludes halogenated alkanes) is 1. The molecule has 3 heteroatoms. The SMILES string of the molecule is COc1ccc(OC)c(CCCC#N)c1. The first-order valence-corrected chi connectivity index (χ1v) is 4.89. The maximum atomic E-state index is 8.47. The molecule has 15 heavy (non-hydrogen) atoms. The zero-order valence-electron chi connectivity index (χ0n) is 9.12. The highest BCUT2D eigenvalue weighted by Crippen LogP contribution is 2.25. The van der Waals surface area contributed by atoms with E-state index in [1.165, 1.54) is 0 Å². The van der Waals surface area contributed by atoms with Gasteiger partial charge in [0.2, 0.25) is 0 Å². The van der Waals surface area contributed by atoms with E-state index in [-0.39, 0.29) is 0 Å². The van der Waals surface area contributed by atoms with Gasteiger partial charge < -0.3 is 9.47 Å². The van der Waals surface area contributed by atoms with Crippen LogP contribution in [0.3, 0.4) is 0 Å². The minimum absolute atomic E-state index is 0.570. The van der Waals surface area contributed by atoms with Crippen LogP contribution in [0.5, 0.6) is 11.5 Å². The highest BCUT2D eigenvalue weighted by molar-refractivity contribution is 5.40. The average Bonchev–Trinajstić information content (AvgIpc) is 2.29. The molecule has 80 valence electrons. The van der Waals surface area contributed by atoms with Crippen LogP contribution in [-0.4, -0.2) is 14.2 Å². The third kappa shape index (κ3) is 3.17. The molecule has 0 aliphatic heterocycles. The summed E-state index contributed by atoms with van der Waals surface area (Å²) < 4.78 is 10.4. The number of methoxy groups -OCH3 is 2. The Balaban J connectivity index is 2.77. The molecule has 0 unspecified atom stereocenters. The number of hydrogen-bond donors (Lipinski definition) is 0. The highest BCUT2D eigenvalue weighted by Gasteiger charge is 2.04.